The van der Waals surface area contributed by atoms with Crippen LogP contribution in [0.3, 0.4) is 0 Å². The second-order valence-corrected chi connectivity index (χ2v) is 7.26. The number of nitrogens with one attached hydrogen (secondary N) is 2. The van der Waals surface area contributed by atoms with E-state index in [0.29, 0.717) is 36.2 Å². The van der Waals surface area contributed by atoms with Crippen LogP contribution in [0.25, 0.3) is 0 Å². The Morgan fingerprint density at radius 1 is 1.18 bits per heavy atom. The highest BCUT2D eigenvalue weighted by molar-refractivity contribution is 9.10. The molecule has 2 N–H and O–H groups in total. The molecule has 1 aliphatic heterocycles. The molecule has 2 amide bonds. The number of rotatable bonds is 6. The Hall–Kier alpha value is -2.65. The molecule has 9 heteroatoms. The van der Waals surface area contributed by atoms with E-state index >= 15 is 0 Å². The zero-order chi connectivity index (χ0) is 20.1. The fourth-order valence-corrected chi connectivity index (χ4v) is 2.80. The minimum absolute atomic E-state index is 0.0491. The molecule has 1 atom stereocenters. The van der Waals surface area contributed by atoms with E-state index in [9.17, 15) is 9.59 Å². The van der Waals surface area contributed by atoms with Crippen LogP contribution in [0.1, 0.15) is 6.92 Å². The van der Waals surface area contributed by atoms with Crippen molar-refractivity contribution < 1.29 is 19.1 Å². The van der Waals surface area contributed by atoms with Gasteiger partial charge < -0.3 is 20.1 Å². The fourth-order valence-electron chi connectivity index (χ4n) is 2.56. The van der Waals surface area contributed by atoms with Crippen molar-refractivity contribution in [2.75, 3.05) is 37.4 Å². The van der Waals surface area contributed by atoms with E-state index in [0.717, 1.165) is 4.47 Å². The van der Waals surface area contributed by atoms with Crippen LogP contribution < -0.4 is 20.1 Å². The van der Waals surface area contributed by atoms with E-state index in [-0.39, 0.29) is 18.4 Å². The van der Waals surface area contributed by atoms with Gasteiger partial charge in [-0.25, -0.2) is 4.98 Å². The van der Waals surface area contributed by atoms with Crippen LogP contribution in [-0.2, 0) is 9.59 Å². The average molecular weight is 449 g/mol. The van der Waals surface area contributed by atoms with Gasteiger partial charge in [0.25, 0.3) is 0 Å². The molecule has 0 aliphatic carbocycles. The molecule has 1 unspecified atom stereocenters. The van der Waals surface area contributed by atoms with Gasteiger partial charge in [-0.2, -0.15) is 0 Å². The van der Waals surface area contributed by atoms with Gasteiger partial charge in [-0.05, 0) is 54.2 Å². The molecule has 3 rings (SSSR count). The number of anilines is 2. The van der Waals surface area contributed by atoms with Crippen LogP contribution in [0.5, 0.6) is 11.5 Å². The largest absolute Gasteiger partial charge is 0.486 e. The van der Waals surface area contributed by atoms with Crippen LogP contribution in [-0.4, -0.2) is 54.5 Å². The van der Waals surface area contributed by atoms with E-state index in [1.165, 1.54) is 0 Å². The zero-order valence-electron chi connectivity index (χ0n) is 15.6. The molecular formula is C19H21BrN4O4. The molecule has 148 valence electrons. The number of carbonyl (C=O) groups is 2. The lowest BCUT2D eigenvalue weighted by Crippen LogP contribution is -2.43. The van der Waals surface area contributed by atoms with Crippen molar-refractivity contribution in [1.29, 1.82) is 0 Å². The summed E-state index contributed by atoms with van der Waals surface area (Å²) >= 11 is 3.29. The quantitative estimate of drug-likeness (QED) is 0.704. The predicted molar refractivity (Wildman–Crippen MR) is 109 cm³/mol. The molecule has 2 aromatic rings. The molecule has 0 fully saturated rings. The molecule has 0 saturated carbocycles. The summed E-state index contributed by atoms with van der Waals surface area (Å²) in [5.74, 6) is 1.24. The number of fused-ring (bicyclic) bond motifs is 1. The van der Waals surface area contributed by atoms with Gasteiger partial charge in [0, 0.05) is 22.4 Å². The van der Waals surface area contributed by atoms with Crippen LogP contribution in [0, 0.1) is 0 Å². The standard InChI is InChI=1S/C19H21BrN4O4/c1-12(24(2)11-18(25)23-17-6-3-13(20)10-21-17)19(26)22-14-4-5-15-16(9-14)28-8-7-27-15/h3-6,9-10,12H,7-8,11H2,1-2H3,(H,22,26)(H,21,23,25). The third kappa shape index (κ3) is 5.20. The minimum Gasteiger partial charge on any atom is -0.486 e. The smallest absolute Gasteiger partial charge is 0.241 e. The number of nitrogens with zero attached hydrogens (tertiary/aromatic N) is 2. The number of hydrogen-bond acceptors (Lipinski definition) is 6. The van der Waals surface area contributed by atoms with Gasteiger partial charge in [0.15, 0.2) is 11.5 Å². The highest BCUT2D eigenvalue weighted by Gasteiger charge is 2.21. The van der Waals surface area contributed by atoms with Crippen molar-refractivity contribution >= 4 is 39.2 Å². The summed E-state index contributed by atoms with van der Waals surface area (Å²) < 4.78 is 11.8. The highest BCUT2D eigenvalue weighted by Crippen LogP contribution is 2.32. The van der Waals surface area contributed by atoms with Gasteiger partial charge in [0.05, 0.1) is 12.6 Å². The number of amides is 2. The average Bonchev–Trinajstić information content (AvgIpc) is 2.69. The Labute approximate surface area is 171 Å². The van der Waals surface area contributed by atoms with E-state index in [2.05, 4.69) is 31.5 Å². The molecule has 2 heterocycles. The number of ether oxygens (including phenoxy) is 2. The lowest BCUT2D eigenvalue weighted by molar-refractivity contribution is -0.122. The SMILES string of the molecule is CC(C(=O)Nc1ccc2c(c1)OCCO2)N(C)CC(=O)Nc1ccc(Br)cn1. The summed E-state index contributed by atoms with van der Waals surface area (Å²) in [6.07, 6.45) is 1.60. The van der Waals surface area contributed by atoms with Gasteiger partial charge in [-0.1, -0.05) is 0 Å². The first-order valence-corrected chi connectivity index (χ1v) is 9.54. The maximum atomic E-state index is 12.5. The minimum atomic E-state index is -0.517. The predicted octanol–water partition coefficient (Wildman–Crippen LogP) is 2.51. The highest BCUT2D eigenvalue weighted by atomic mass is 79.9. The molecule has 1 aromatic heterocycles. The van der Waals surface area contributed by atoms with E-state index in [1.54, 1.807) is 55.4 Å². The van der Waals surface area contributed by atoms with Crippen LogP contribution in [0.4, 0.5) is 11.5 Å². The molecular weight excluding hydrogens is 428 g/mol. The number of halogens is 1. The first kappa shape index (κ1) is 20.1. The first-order valence-electron chi connectivity index (χ1n) is 8.74. The number of carbonyl (C=O) groups excluding carboxylic acids is 2. The van der Waals surface area contributed by atoms with Crippen LogP contribution in [0.2, 0.25) is 0 Å². The second kappa shape index (κ2) is 9.03. The third-order valence-electron chi connectivity index (χ3n) is 4.24. The summed E-state index contributed by atoms with van der Waals surface area (Å²) in [4.78, 5) is 30.5. The number of pyridine rings is 1. The zero-order valence-corrected chi connectivity index (χ0v) is 17.2. The van der Waals surface area contributed by atoms with Crippen LogP contribution >= 0.6 is 15.9 Å². The molecule has 0 radical (unpaired) electrons. The van der Waals surface area contributed by atoms with E-state index in [4.69, 9.17) is 9.47 Å². The maximum absolute atomic E-state index is 12.5. The Kier molecular flexibility index (Phi) is 6.48. The second-order valence-electron chi connectivity index (χ2n) is 6.35. The number of aromatic nitrogens is 1. The molecule has 8 nitrogen and oxygen atoms in total. The van der Waals surface area contributed by atoms with Crippen molar-refractivity contribution in [3.63, 3.8) is 0 Å². The number of hydrogen-bond donors (Lipinski definition) is 2. The topological polar surface area (TPSA) is 92.8 Å². The normalized spacial score (nSPS) is 13.7. The molecule has 1 aromatic carbocycles. The van der Waals surface area contributed by atoms with E-state index < -0.39 is 6.04 Å². The Morgan fingerprint density at radius 3 is 2.64 bits per heavy atom. The van der Waals surface area contributed by atoms with E-state index in [1.807, 2.05) is 0 Å². The summed E-state index contributed by atoms with van der Waals surface area (Å²) in [5, 5.41) is 5.54. The summed E-state index contributed by atoms with van der Waals surface area (Å²) in [6, 6.07) is 8.21. The fraction of sp³-hybridized carbons (Fsp3) is 0.316. The van der Waals surface area contributed by atoms with Gasteiger partial charge in [0.1, 0.15) is 19.0 Å². The van der Waals surface area contributed by atoms with Crippen LogP contribution in [0.15, 0.2) is 41.0 Å². The van der Waals surface area contributed by atoms with Crippen molar-refractivity contribution in [2.24, 2.45) is 0 Å². The Bertz CT molecular complexity index is 860. The first-order chi connectivity index (χ1) is 13.4. The van der Waals surface area contributed by atoms with Gasteiger partial charge in [-0.15, -0.1) is 0 Å². The summed E-state index contributed by atoms with van der Waals surface area (Å²) in [7, 11) is 1.71. The summed E-state index contributed by atoms with van der Waals surface area (Å²) in [5.41, 5.74) is 0.609. The Morgan fingerprint density at radius 2 is 1.93 bits per heavy atom. The lowest BCUT2D eigenvalue weighted by atomic mass is 10.2. The lowest BCUT2D eigenvalue weighted by Gasteiger charge is -2.24. The van der Waals surface area contributed by atoms with Crippen molar-refractivity contribution in [3.8, 4) is 11.5 Å². The number of benzene rings is 1. The maximum Gasteiger partial charge on any atom is 0.241 e. The molecule has 1 aliphatic rings. The summed E-state index contributed by atoms with van der Waals surface area (Å²) in [6.45, 7) is 2.77. The monoisotopic (exact) mass is 448 g/mol. The van der Waals surface area contributed by atoms with Crippen molar-refractivity contribution in [2.45, 2.75) is 13.0 Å². The van der Waals surface area contributed by atoms with Gasteiger partial charge >= 0.3 is 0 Å². The molecule has 0 bridgehead atoms. The Balaban J connectivity index is 1.53. The number of likely N-dealkylation sites (N-methyl/N-ethyl adjacent to an activating group) is 1. The van der Waals surface area contributed by atoms with Crippen molar-refractivity contribution in [3.05, 3.63) is 41.0 Å². The van der Waals surface area contributed by atoms with Crippen molar-refractivity contribution in [1.82, 2.24) is 9.88 Å². The van der Waals surface area contributed by atoms with Gasteiger partial charge in [-0.3, -0.25) is 14.5 Å². The molecule has 0 spiro atoms. The van der Waals surface area contributed by atoms with Gasteiger partial charge in [0.2, 0.25) is 11.8 Å². The molecule has 0 saturated heterocycles. The molecule has 28 heavy (non-hydrogen) atoms. The third-order valence-corrected chi connectivity index (χ3v) is 4.71.